The third kappa shape index (κ3) is 3.30. The van der Waals surface area contributed by atoms with Gasteiger partial charge in [-0.05, 0) is 12.1 Å². The highest BCUT2D eigenvalue weighted by molar-refractivity contribution is 7.85. The van der Waals surface area contributed by atoms with E-state index in [9.17, 15) is 9.00 Å². The Morgan fingerprint density at radius 2 is 2.07 bits per heavy atom. The molecule has 0 aromatic heterocycles. The summed E-state index contributed by atoms with van der Waals surface area (Å²) in [4.78, 5) is 11.1. The summed E-state index contributed by atoms with van der Waals surface area (Å²) < 4.78 is 11.7. The zero-order valence-corrected chi connectivity index (χ0v) is 9.42. The molecule has 1 rings (SSSR count). The Hall–Kier alpha value is -0.910. The van der Waals surface area contributed by atoms with Gasteiger partial charge in [0.05, 0.1) is 32.5 Å². The van der Waals surface area contributed by atoms with Crippen LogP contribution < -0.4 is 11.5 Å². The Labute approximate surface area is 95.0 Å². The number of primary amides is 1. The molecule has 4 N–H and O–H groups in total. The van der Waals surface area contributed by atoms with Gasteiger partial charge in [-0.15, -0.1) is 0 Å². The van der Waals surface area contributed by atoms with Crippen LogP contribution in [0.15, 0.2) is 29.2 Å². The fourth-order valence-electron chi connectivity index (χ4n) is 0.964. The summed E-state index contributed by atoms with van der Waals surface area (Å²) in [5, 5.41) is 0.396. The summed E-state index contributed by atoms with van der Waals surface area (Å²) in [6.07, 6.45) is 0. The zero-order chi connectivity index (χ0) is 11.4. The first kappa shape index (κ1) is 12.2. The molecule has 2 atom stereocenters. The maximum Gasteiger partial charge on any atom is 0.235 e. The standard InChI is InChI=1S/C9H11ClN2O2S/c10-6-3-1-2-4-8(6)15(14)5-7(11)9(12)13/h1-4,7H,5,11H2,(H2,12,13). The number of nitrogens with two attached hydrogens (primary N) is 2. The number of carbonyl (C=O) groups excluding carboxylic acids is 1. The van der Waals surface area contributed by atoms with Gasteiger partial charge < -0.3 is 11.5 Å². The molecule has 6 heteroatoms. The van der Waals surface area contributed by atoms with Crippen molar-refractivity contribution < 1.29 is 9.00 Å². The van der Waals surface area contributed by atoms with E-state index in [-0.39, 0.29) is 5.75 Å². The number of rotatable bonds is 4. The van der Waals surface area contributed by atoms with Crippen LogP contribution in [0, 0.1) is 0 Å². The van der Waals surface area contributed by atoms with Gasteiger partial charge in [0.25, 0.3) is 0 Å². The average molecular weight is 247 g/mol. The van der Waals surface area contributed by atoms with Gasteiger partial charge in [-0.3, -0.25) is 9.00 Å². The minimum absolute atomic E-state index is 0.0148. The predicted molar refractivity (Wildman–Crippen MR) is 59.9 cm³/mol. The second-order valence-corrected chi connectivity index (χ2v) is 4.82. The quantitative estimate of drug-likeness (QED) is 0.799. The van der Waals surface area contributed by atoms with Gasteiger partial charge in [-0.1, -0.05) is 23.7 Å². The molecule has 0 aliphatic carbocycles. The van der Waals surface area contributed by atoms with Crippen LogP contribution in [0.4, 0.5) is 0 Å². The van der Waals surface area contributed by atoms with Crippen LogP contribution in [-0.2, 0) is 15.6 Å². The Bertz CT molecular complexity index is 397. The van der Waals surface area contributed by atoms with Gasteiger partial charge in [0.1, 0.15) is 0 Å². The van der Waals surface area contributed by atoms with Crippen LogP contribution in [0.2, 0.25) is 5.02 Å². The molecule has 0 bridgehead atoms. The molecular formula is C9H11ClN2O2S. The topological polar surface area (TPSA) is 86.2 Å². The van der Waals surface area contributed by atoms with Crippen molar-refractivity contribution in [3.8, 4) is 0 Å². The number of halogens is 1. The van der Waals surface area contributed by atoms with E-state index >= 15 is 0 Å². The van der Waals surface area contributed by atoms with E-state index in [4.69, 9.17) is 23.1 Å². The Balaban J connectivity index is 2.78. The van der Waals surface area contributed by atoms with E-state index < -0.39 is 22.7 Å². The molecule has 4 nitrogen and oxygen atoms in total. The number of carbonyl (C=O) groups is 1. The molecular weight excluding hydrogens is 236 g/mol. The van der Waals surface area contributed by atoms with Crippen molar-refractivity contribution in [1.29, 1.82) is 0 Å². The SMILES string of the molecule is NC(=O)C(N)CS(=O)c1ccccc1Cl. The molecule has 82 valence electrons. The molecule has 0 saturated heterocycles. The summed E-state index contributed by atoms with van der Waals surface area (Å²) >= 11 is 5.83. The van der Waals surface area contributed by atoms with Crippen LogP contribution >= 0.6 is 11.6 Å². The maximum absolute atomic E-state index is 11.7. The Morgan fingerprint density at radius 1 is 1.47 bits per heavy atom. The zero-order valence-electron chi connectivity index (χ0n) is 7.85. The highest BCUT2D eigenvalue weighted by Crippen LogP contribution is 2.19. The normalized spacial score (nSPS) is 14.5. The molecule has 1 aromatic carbocycles. The molecule has 1 aromatic rings. The third-order valence-electron chi connectivity index (χ3n) is 1.78. The molecule has 0 saturated carbocycles. The Morgan fingerprint density at radius 3 is 2.60 bits per heavy atom. The molecule has 2 unspecified atom stereocenters. The monoisotopic (exact) mass is 246 g/mol. The number of benzene rings is 1. The highest BCUT2D eigenvalue weighted by atomic mass is 35.5. The molecule has 0 spiro atoms. The summed E-state index contributed by atoms with van der Waals surface area (Å²) in [7, 11) is -1.40. The van der Waals surface area contributed by atoms with Gasteiger partial charge in [0, 0.05) is 0 Å². The lowest BCUT2D eigenvalue weighted by Gasteiger charge is -2.08. The summed E-state index contributed by atoms with van der Waals surface area (Å²) in [5.41, 5.74) is 10.4. The number of amides is 1. The van der Waals surface area contributed by atoms with Crippen molar-refractivity contribution >= 4 is 28.3 Å². The second kappa shape index (κ2) is 5.25. The molecule has 0 radical (unpaired) electrons. The molecule has 15 heavy (non-hydrogen) atoms. The van der Waals surface area contributed by atoms with Crippen molar-refractivity contribution in [2.45, 2.75) is 10.9 Å². The fourth-order valence-corrected chi connectivity index (χ4v) is 2.54. The van der Waals surface area contributed by atoms with Crippen LogP contribution in [-0.4, -0.2) is 21.9 Å². The van der Waals surface area contributed by atoms with Crippen LogP contribution in [0.3, 0.4) is 0 Å². The van der Waals surface area contributed by atoms with Crippen LogP contribution in [0.5, 0.6) is 0 Å². The van der Waals surface area contributed by atoms with E-state index in [0.717, 1.165) is 0 Å². The first-order valence-electron chi connectivity index (χ1n) is 4.20. The third-order valence-corrected chi connectivity index (χ3v) is 3.73. The van der Waals surface area contributed by atoms with Crippen molar-refractivity contribution in [2.75, 3.05) is 5.75 Å². The predicted octanol–water partition coefficient (Wildman–Crippen LogP) is 0.260. The minimum atomic E-state index is -1.40. The Kier molecular flexibility index (Phi) is 4.26. The second-order valence-electron chi connectivity index (χ2n) is 2.95. The number of hydrogen-bond acceptors (Lipinski definition) is 3. The summed E-state index contributed by atoms with van der Waals surface area (Å²) in [6.45, 7) is 0. The van der Waals surface area contributed by atoms with Gasteiger partial charge in [-0.25, -0.2) is 0 Å². The van der Waals surface area contributed by atoms with Gasteiger partial charge >= 0.3 is 0 Å². The minimum Gasteiger partial charge on any atom is -0.368 e. The van der Waals surface area contributed by atoms with Crippen molar-refractivity contribution in [2.24, 2.45) is 11.5 Å². The van der Waals surface area contributed by atoms with E-state index in [2.05, 4.69) is 0 Å². The fraction of sp³-hybridized carbons (Fsp3) is 0.222. The average Bonchev–Trinajstić information content (AvgIpc) is 2.18. The first-order valence-corrected chi connectivity index (χ1v) is 5.90. The van der Waals surface area contributed by atoms with Gasteiger partial charge in [0.15, 0.2) is 0 Å². The van der Waals surface area contributed by atoms with E-state index in [1.54, 1.807) is 24.3 Å². The first-order chi connectivity index (χ1) is 7.02. The van der Waals surface area contributed by atoms with Crippen molar-refractivity contribution in [3.05, 3.63) is 29.3 Å². The van der Waals surface area contributed by atoms with Crippen LogP contribution in [0.1, 0.15) is 0 Å². The van der Waals surface area contributed by atoms with E-state index in [1.807, 2.05) is 0 Å². The maximum atomic E-state index is 11.7. The van der Waals surface area contributed by atoms with Crippen LogP contribution in [0.25, 0.3) is 0 Å². The lowest BCUT2D eigenvalue weighted by atomic mass is 10.3. The van der Waals surface area contributed by atoms with E-state index in [1.165, 1.54) is 0 Å². The highest BCUT2D eigenvalue weighted by Gasteiger charge is 2.16. The largest absolute Gasteiger partial charge is 0.368 e. The van der Waals surface area contributed by atoms with E-state index in [0.29, 0.717) is 9.92 Å². The number of hydrogen-bond donors (Lipinski definition) is 2. The molecule has 1 amide bonds. The molecule has 0 heterocycles. The lowest BCUT2D eigenvalue weighted by Crippen LogP contribution is -2.40. The summed E-state index contributed by atoms with van der Waals surface area (Å²) in [6, 6.07) is 5.80. The van der Waals surface area contributed by atoms with Crippen molar-refractivity contribution in [1.82, 2.24) is 0 Å². The molecule has 0 aliphatic heterocycles. The molecule has 0 aliphatic rings. The smallest absolute Gasteiger partial charge is 0.235 e. The lowest BCUT2D eigenvalue weighted by molar-refractivity contribution is -0.118. The van der Waals surface area contributed by atoms with Crippen molar-refractivity contribution in [3.63, 3.8) is 0 Å². The molecule has 0 fully saturated rings. The summed E-state index contributed by atoms with van der Waals surface area (Å²) in [5.74, 6) is -0.686. The van der Waals surface area contributed by atoms with Gasteiger partial charge in [0.2, 0.25) is 5.91 Å². The van der Waals surface area contributed by atoms with Gasteiger partial charge in [-0.2, -0.15) is 0 Å².